The molecule has 0 radical (unpaired) electrons. The van der Waals surface area contributed by atoms with Crippen molar-refractivity contribution in [2.45, 2.75) is 19.3 Å². The summed E-state index contributed by atoms with van der Waals surface area (Å²) in [6.07, 6.45) is 0.606. The maximum absolute atomic E-state index is 14.4. The highest BCUT2D eigenvalue weighted by Crippen LogP contribution is 2.30. The molecule has 1 aromatic carbocycles. The summed E-state index contributed by atoms with van der Waals surface area (Å²) in [5.74, 6) is -0.899. The molecule has 0 aliphatic carbocycles. The molecular formula is C16H19FN2O3. The van der Waals surface area contributed by atoms with Crippen molar-refractivity contribution >= 4 is 17.6 Å². The molecule has 0 saturated carbocycles. The van der Waals surface area contributed by atoms with Crippen LogP contribution in [-0.2, 0) is 14.3 Å². The summed E-state index contributed by atoms with van der Waals surface area (Å²) in [6, 6.07) is 4.95. The highest BCUT2D eigenvalue weighted by Gasteiger charge is 2.29. The lowest BCUT2D eigenvalue weighted by Gasteiger charge is -2.35. The van der Waals surface area contributed by atoms with Crippen molar-refractivity contribution in [3.8, 4) is 0 Å². The number of piperazine rings is 1. The largest absolute Gasteiger partial charge is 0.465 e. The average molecular weight is 306 g/mol. The third-order valence-corrected chi connectivity index (χ3v) is 4.38. The molecule has 2 aliphatic heterocycles. The zero-order valence-electron chi connectivity index (χ0n) is 12.5. The third kappa shape index (κ3) is 2.77. The molecule has 0 aromatic heterocycles. The number of hydrogen-bond acceptors (Lipinski definition) is 4. The zero-order valence-corrected chi connectivity index (χ0v) is 12.5. The topological polar surface area (TPSA) is 49.9 Å². The second-order valence-electron chi connectivity index (χ2n) is 5.71. The first-order valence-electron chi connectivity index (χ1n) is 7.53. The minimum atomic E-state index is -0.349. The van der Waals surface area contributed by atoms with E-state index in [0.29, 0.717) is 50.5 Å². The van der Waals surface area contributed by atoms with Crippen LogP contribution < -0.4 is 4.90 Å². The highest BCUT2D eigenvalue weighted by molar-refractivity contribution is 5.80. The van der Waals surface area contributed by atoms with Gasteiger partial charge in [-0.05, 0) is 24.1 Å². The average Bonchev–Trinajstić information content (AvgIpc) is 2.93. The van der Waals surface area contributed by atoms with E-state index in [0.717, 1.165) is 0 Å². The monoisotopic (exact) mass is 306 g/mol. The van der Waals surface area contributed by atoms with E-state index in [1.165, 1.54) is 6.07 Å². The zero-order chi connectivity index (χ0) is 15.7. The number of hydrogen-bond donors (Lipinski definition) is 0. The first kappa shape index (κ1) is 14.8. The first-order chi connectivity index (χ1) is 10.6. The molecule has 0 N–H and O–H groups in total. The van der Waals surface area contributed by atoms with Gasteiger partial charge in [-0.15, -0.1) is 0 Å². The molecule has 2 fully saturated rings. The molecule has 2 aliphatic rings. The van der Waals surface area contributed by atoms with E-state index < -0.39 is 0 Å². The molecule has 2 heterocycles. The van der Waals surface area contributed by atoms with Gasteiger partial charge in [-0.1, -0.05) is 6.07 Å². The van der Waals surface area contributed by atoms with Gasteiger partial charge < -0.3 is 14.5 Å². The number of nitrogens with zero attached hydrogens (tertiary/aromatic N) is 2. The second-order valence-corrected chi connectivity index (χ2v) is 5.71. The highest BCUT2D eigenvalue weighted by atomic mass is 19.1. The number of carbonyl (C=O) groups is 2. The minimum absolute atomic E-state index is 0.0511. The van der Waals surface area contributed by atoms with Crippen LogP contribution in [0.1, 0.15) is 24.8 Å². The SMILES string of the molecule is CC(=O)N1CCN(c2ccc(C3CCOC3=O)cc2F)CC1. The fourth-order valence-electron chi connectivity index (χ4n) is 3.06. The van der Waals surface area contributed by atoms with Gasteiger partial charge in [0, 0.05) is 33.1 Å². The van der Waals surface area contributed by atoms with Gasteiger partial charge in [-0.2, -0.15) is 0 Å². The molecule has 1 aromatic rings. The van der Waals surface area contributed by atoms with Crippen molar-refractivity contribution in [2.75, 3.05) is 37.7 Å². The smallest absolute Gasteiger partial charge is 0.313 e. The van der Waals surface area contributed by atoms with Gasteiger partial charge in [0.1, 0.15) is 5.82 Å². The molecular weight excluding hydrogens is 287 g/mol. The Bertz CT molecular complexity index is 597. The quantitative estimate of drug-likeness (QED) is 0.778. The second kappa shape index (κ2) is 5.94. The Hall–Kier alpha value is -2.11. The summed E-state index contributed by atoms with van der Waals surface area (Å²) < 4.78 is 19.3. The summed E-state index contributed by atoms with van der Waals surface area (Å²) in [6.45, 7) is 4.38. The number of carbonyl (C=O) groups excluding carboxylic acids is 2. The maximum Gasteiger partial charge on any atom is 0.313 e. The lowest BCUT2D eigenvalue weighted by Crippen LogP contribution is -2.48. The third-order valence-electron chi connectivity index (χ3n) is 4.38. The Kier molecular flexibility index (Phi) is 4.00. The van der Waals surface area contributed by atoms with Crippen molar-refractivity contribution in [1.29, 1.82) is 0 Å². The van der Waals surface area contributed by atoms with E-state index in [-0.39, 0.29) is 23.6 Å². The molecule has 1 amide bonds. The van der Waals surface area contributed by atoms with E-state index in [2.05, 4.69) is 0 Å². The molecule has 1 atom stereocenters. The van der Waals surface area contributed by atoms with Crippen molar-refractivity contribution in [1.82, 2.24) is 4.90 Å². The van der Waals surface area contributed by atoms with E-state index >= 15 is 0 Å². The summed E-state index contributed by atoms with van der Waals surface area (Å²) in [5.41, 5.74) is 1.20. The van der Waals surface area contributed by atoms with Crippen molar-refractivity contribution < 1.29 is 18.7 Å². The molecule has 1 unspecified atom stereocenters. The first-order valence-corrected chi connectivity index (χ1v) is 7.53. The molecule has 5 nitrogen and oxygen atoms in total. The molecule has 0 bridgehead atoms. The van der Waals surface area contributed by atoms with Crippen molar-refractivity contribution in [2.24, 2.45) is 0 Å². The van der Waals surface area contributed by atoms with E-state index in [9.17, 15) is 14.0 Å². The van der Waals surface area contributed by atoms with Gasteiger partial charge in [0.2, 0.25) is 5.91 Å². The Morgan fingerprint density at radius 2 is 2.00 bits per heavy atom. The van der Waals surface area contributed by atoms with Gasteiger partial charge in [-0.3, -0.25) is 9.59 Å². The Balaban J connectivity index is 1.73. The number of rotatable bonds is 2. The van der Waals surface area contributed by atoms with Gasteiger partial charge in [-0.25, -0.2) is 4.39 Å². The summed E-state index contributed by atoms with van der Waals surface area (Å²) in [5, 5.41) is 0. The lowest BCUT2D eigenvalue weighted by atomic mass is 9.97. The predicted molar refractivity (Wildman–Crippen MR) is 79.2 cm³/mol. The fraction of sp³-hybridized carbons (Fsp3) is 0.500. The number of amides is 1. The number of halogens is 1. The Morgan fingerprint density at radius 3 is 2.55 bits per heavy atom. The molecule has 3 rings (SSSR count). The fourth-order valence-corrected chi connectivity index (χ4v) is 3.06. The van der Waals surface area contributed by atoms with E-state index in [1.807, 2.05) is 4.90 Å². The van der Waals surface area contributed by atoms with E-state index in [1.54, 1.807) is 24.0 Å². The van der Waals surface area contributed by atoms with Gasteiger partial charge >= 0.3 is 5.97 Å². The van der Waals surface area contributed by atoms with Crippen LogP contribution in [-0.4, -0.2) is 49.6 Å². The van der Waals surface area contributed by atoms with Crippen LogP contribution in [0.2, 0.25) is 0 Å². The minimum Gasteiger partial charge on any atom is -0.465 e. The van der Waals surface area contributed by atoms with Crippen LogP contribution in [0.4, 0.5) is 10.1 Å². The molecule has 0 spiro atoms. The van der Waals surface area contributed by atoms with Crippen LogP contribution in [0.5, 0.6) is 0 Å². The number of ether oxygens (including phenoxy) is 1. The van der Waals surface area contributed by atoms with Gasteiger partial charge in [0.05, 0.1) is 18.2 Å². The van der Waals surface area contributed by atoms with Crippen molar-refractivity contribution in [3.05, 3.63) is 29.6 Å². The Labute approximate surface area is 128 Å². The summed E-state index contributed by atoms with van der Waals surface area (Å²) in [7, 11) is 0. The summed E-state index contributed by atoms with van der Waals surface area (Å²) >= 11 is 0. The van der Waals surface area contributed by atoms with Crippen LogP contribution in [0.25, 0.3) is 0 Å². The molecule has 118 valence electrons. The van der Waals surface area contributed by atoms with Crippen LogP contribution >= 0.6 is 0 Å². The van der Waals surface area contributed by atoms with Crippen LogP contribution in [0.15, 0.2) is 18.2 Å². The van der Waals surface area contributed by atoms with Gasteiger partial charge in [0.15, 0.2) is 0 Å². The number of benzene rings is 1. The standard InChI is InChI=1S/C16H19FN2O3/c1-11(20)18-5-7-19(8-6-18)15-3-2-12(10-14(15)17)13-4-9-22-16(13)21/h2-3,10,13H,4-9H2,1H3. The lowest BCUT2D eigenvalue weighted by molar-refractivity contribution is -0.139. The normalized spacial score (nSPS) is 21.9. The van der Waals surface area contributed by atoms with Crippen LogP contribution in [0.3, 0.4) is 0 Å². The summed E-state index contributed by atoms with van der Waals surface area (Å²) in [4.78, 5) is 26.6. The van der Waals surface area contributed by atoms with E-state index in [4.69, 9.17) is 4.74 Å². The van der Waals surface area contributed by atoms with Crippen molar-refractivity contribution in [3.63, 3.8) is 0 Å². The Morgan fingerprint density at radius 1 is 1.27 bits per heavy atom. The van der Waals surface area contributed by atoms with Crippen LogP contribution in [0, 0.1) is 5.82 Å². The maximum atomic E-state index is 14.4. The molecule has 2 saturated heterocycles. The van der Waals surface area contributed by atoms with Gasteiger partial charge in [0.25, 0.3) is 0 Å². The predicted octanol–water partition coefficient (Wildman–Crippen LogP) is 1.52. The number of esters is 1. The molecule has 6 heteroatoms. The number of anilines is 1. The molecule has 22 heavy (non-hydrogen) atoms. The number of cyclic esters (lactones) is 1.